The number of alkyl halides is 2. The van der Waals surface area contributed by atoms with Gasteiger partial charge in [-0.1, -0.05) is 0 Å². The second-order valence-electron chi connectivity index (χ2n) is 3.17. The van der Waals surface area contributed by atoms with Crippen LogP contribution in [0.1, 0.15) is 12.8 Å². The molecule has 0 saturated heterocycles. The SMILES string of the molecule is O=C(C1CC1)N(CCO)CC(F)F. The van der Waals surface area contributed by atoms with Crippen LogP contribution in [0.15, 0.2) is 0 Å². The Morgan fingerprint density at radius 2 is 2.15 bits per heavy atom. The summed E-state index contributed by atoms with van der Waals surface area (Å²) < 4.78 is 24.0. The molecule has 3 nitrogen and oxygen atoms in total. The van der Waals surface area contributed by atoms with Crippen LogP contribution in [0.2, 0.25) is 0 Å². The first-order valence-electron chi connectivity index (χ1n) is 4.33. The Kier molecular flexibility index (Phi) is 3.59. The molecule has 5 heteroatoms. The molecular formula is C8H13F2NO2. The van der Waals surface area contributed by atoms with Crippen LogP contribution in [0.4, 0.5) is 8.78 Å². The maximum absolute atomic E-state index is 12.0. The van der Waals surface area contributed by atoms with Gasteiger partial charge in [-0.2, -0.15) is 0 Å². The first-order chi connectivity index (χ1) is 6.15. The van der Waals surface area contributed by atoms with Crippen molar-refractivity contribution in [2.75, 3.05) is 19.7 Å². The van der Waals surface area contributed by atoms with Gasteiger partial charge in [0.1, 0.15) is 0 Å². The van der Waals surface area contributed by atoms with Gasteiger partial charge < -0.3 is 10.0 Å². The Hall–Kier alpha value is -0.710. The third-order valence-electron chi connectivity index (χ3n) is 1.97. The lowest BCUT2D eigenvalue weighted by molar-refractivity contribution is -0.135. The fourth-order valence-corrected chi connectivity index (χ4v) is 1.17. The van der Waals surface area contributed by atoms with Crippen LogP contribution < -0.4 is 0 Å². The van der Waals surface area contributed by atoms with Crippen LogP contribution >= 0.6 is 0 Å². The van der Waals surface area contributed by atoms with Crippen LogP contribution in [0.3, 0.4) is 0 Å². The van der Waals surface area contributed by atoms with Gasteiger partial charge in [0.15, 0.2) is 0 Å². The summed E-state index contributed by atoms with van der Waals surface area (Å²) >= 11 is 0. The van der Waals surface area contributed by atoms with E-state index < -0.39 is 13.0 Å². The molecule has 1 amide bonds. The van der Waals surface area contributed by atoms with E-state index in [1.54, 1.807) is 0 Å². The Labute approximate surface area is 75.3 Å². The molecule has 0 aromatic heterocycles. The molecule has 0 bridgehead atoms. The van der Waals surface area contributed by atoms with Crippen molar-refractivity contribution < 1.29 is 18.7 Å². The molecule has 1 aliphatic rings. The summed E-state index contributed by atoms with van der Waals surface area (Å²) in [4.78, 5) is 12.4. The summed E-state index contributed by atoms with van der Waals surface area (Å²) in [7, 11) is 0. The van der Waals surface area contributed by atoms with E-state index in [1.165, 1.54) is 0 Å². The zero-order valence-electron chi connectivity index (χ0n) is 7.25. The van der Waals surface area contributed by atoms with Gasteiger partial charge in [0.25, 0.3) is 6.43 Å². The Bertz CT molecular complexity index is 183. The van der Waals surface area contributed by atoms with E-state index >= 15 is 0 Å². The molecule has 0 radical (unpaired) electrons. The molecule has 1 fully saturated rings. The van der Waals surface area contributed by atoms with Crippen molar-refractivity contribution >= 4 is 5.91 Å². The lowest BCUT2D eigenvalue weighted by Crippen LogP contribution is -2.38. The number of carbonyl (C=O) groups is 1. The second-order valence-corrected chi connectivity index (χ2v) is 3.17. The fraction of sp³-hybridized carbons (Fsp3) is 0.875. The monoisotopic (exact) mass is 193 g/mol. The van der Waals surface area contributed by atoms with E-state index in [0.29, 0.717) is 0 Å². The van der Waals surface area contributed by atoms with Gasteiger partial charge in [-0.05, 0) is 12.8 Å². The molecular weight excluding hydrogens is 180 g/mol. The molecule has 0 spiro atoms. The van der Waals surface area contributed by atoms with Crippen molar-refractivity contribution in [1.29, 1.82) is 0 Å². The highest BCUT2D eigenvalue weighted by Gasteiger charge is 2.33. The van der Waals surface area contributed by atoms with Gasteiger partial charge in [0.2, 0.25) is 5.91 Å². The number of aliphatic hydroxyl groups is 1. The molecule has 0 aromatic rings. The smallest absolute Gasteiger partial charge is 0.255 e. The zero-order chi connectivity index (χ0) is 9.84. The molecule has 0 aromatic carbocycles. The number of aliphatic hydroxyl groups excluding tert-OH is 1. The number of hydrogen-bond acceptors (Lipinski definition) is 2. The minimum absolute atomic E-state index is 0.0136. The minimum atomic E-state index is -2.52. The van der Waals surface area contributed by atoms with Crippen molar-refractivity contribution in [1.82, 2.24) is 4.90 Å². The van der Waals surface area contributed by atoms with Gasteiger partial charge >= 0.3 is 0 Å². The largest absolute Gasteiger partial charge is 0.395 e. The summed E-state index contributed by atoms with van der Waals surface area (Å²) in [5, 5.41) is 8.56. The number of hydrogen-bond donors (Lipinski definition) is 1. The number of amides is 1. The Morgan fingerprint density at radius 1 is 1.54 bits per heavy atom. The topological polar surface area (TPSA) is 40.5 Å². The molecule has 0 aliphatic heterocycles. The predicted molar refractivity (Wildman–Crippen MR) is 42.4 cm³/mol. The molecule has 1 saturated carbocycles. The van der Waals surface area contributed by atoms with E-state index in [0.717, 1.165) is 17.7 Å². The quantitative estimate of drug-likeness (QED) is 0.690. The van der Waals surface area contributed by atoms with Gasteiger partial charge in [-0.3, -0.25) is 4.79 Å². The van der Waals surface area contributed by atoms with E-state index in [1.807, 2.05) is 0 Å². The van der Waals surface area contributed by atoms with Crippen LogP contribution in [0.5, 0.6) is 0 Å². The number of rotatable bonds is 5. The summed E-state index contributed by atoms with van der Waals surface area (Å²) in [6, 6.07) is 0. The van der Waals surface area contributed by atoms with E-state index in [2.05, 4.69) is 0 Å². The van der Waals surface area contributed by atoms with Crippen LogP contribution in [0, 0.1) is 5.92 Å². The number of nitrogens with zero attached hydrogens (tertiary/aromatic N) is 1. The first kappa shape index (κ1) is 10.4. The maximum Gasteiger partial charge on any atom is 0.255 e. The number of carbonyl (C=O) groups excluding carboxylic acids is 1. The van der Waals surface area contributed by atoms with E-state index in [9.17, 15) is 13.6 Å². The van der Waals surface area contributed by atoms with Gasteiger partial charge in [0, 0.05) is 12.5 Å². The summed E-state index contributed by atoms with van der Waals surface area (Å²) in [6.45, 7) is -0.805. The van der Waals surface area contributed by atoms with E-state index in [4.69, 9.17) is 5.11 Å². The third-order valence-corrected chi connectivity index (χ3v) is 1.97. The molecule has 1 N–H and O–H groups in total. The highest BCUT2D eigenvalue weighted by atomic mass is 19.3. The van der Waals surface area contributed by atoms with Crippen molar-refractivity contribution in [3.8, 4) is 0 Å². The van der Waals surface area contributed by atoms with Crippen LogP contribution in [-0.4, -0.2) is 42.0 Å². The van der Waals surface area contributed by atoms with Crippen molar-refractivity contribution in [2.24, 2.45) is 5.92 Å². The standard InChI is InChI=1S/C8H13F2NO2/c9-7(10)5-11(3-4-12)8(13)6-1-2-6/h6-7,12H,1-5H2. The highest BCUT2D eigenvalue weighted by Crippen LogP contribution is 2.31. The van der Waals surface area contributed by atoms with Gasteiger partial charge in [-0.25, -0.2) is 8.78 Å². The van der Waals surface area contributed by atoms with Crippen LogP contribution in [0.25, 0.3) is 0 Å². The lowest BCUT2D eigenvalue weighted by Gasteiger charge is -2.20. The van der Waals surface area contributed by atoms with Gasteiger partial charge in [0.05, 0.1) is 13.2 Å². The van der Waals surface area contributed by atoms with E-state index in [-0.39, 0.29) is 25.0 Å². The zero-order valence-corrected chi connectivity index (χ0v) is 7.25. The maximum atomic E-state index is 12.0. The van der Waals surface area contributed by atoms with Gasteiger partial charge in [-0.15, -0.1) is 0 Å². The Balaban J connectivity index is 2.39. The highest BCUT2D eigenvalue weighted by molar-refractivity contribution is 5.81. The first-order valence-corrected chi connectivity index (χ1v) is 4.33. The lowest BCUT2D eigenvalue weighted by atomic mass is 10.3. The van der Waals surface area contributed by atoms with Crippen molar-refractivity contribution in [3.05, 3.63) is 0 Å². The number of halogens is 2. The molecule has 0 atom stereocenters. The predicted octanol–water partition coefficient (Wildman–Crippen LogP) is 0.482. The average Bonchev–Trinajstić information content (AvgIpc) is 2.84. The molecule has 76 valence electrons. The average molecular weight is 193 g/mol. The fourth-order valence-electron chi connectivity index (χ4n) is 1.17. The molecule has 1 rings (SSSR count). The summed E-state index contributed by atoms with van der Waals surface area (Å²) in [5.41, 5.74) is 0. The molecule has 13 heavy (non-hydrogen) atoms. The molecule has 0 heterocycles. The summed E-state index contributed by atoms with van der Waals surface area (Å²) in [5.74, 6) is -0.306. The third kappa shape index (κ3) is 3.26. The normalized spacial score (nSPS) is 16.3. The summed E-state index contributed by atoms with van der Waals surface area (Å²) in [6.07, 6.45) is -0.928. The van der Waals surface area contributed by atoms with Crippen LogP contribution in [-0.2, 0) is 4.79 Å². The van der Waals surface area contributed by atoms with Crippen molar-refractivity contribution in [3.63, 3.8) is 0 Å². The minimum Gasteiger partial charge on any atom is -0.395 e. The Morgan fingerprint density at radius 3 is 2.54 bits per heavy atom. The molecule has 1 aliphatic carbocycles. The van der Waals surface area contributed by atoms with Crippen molar-refractivity contribution in [2.45, 2.75) is 19.3 Å². The molecule has 0 unspecified atom stereocenters. The second kappa shape index (κ2) is 4.50.